The van der Waals surface area contributed by atoms with E-state index in [1.807, 2.05) is 0 Å². The first-order valence-electron chi connectivity index (χ1n) is 4.39. The second kappa shape index (κ2) is 5.48. The van der Waals surface area contributed by atoms with Crippen LogP contribution >= 0.6 is 0 Å². The highest BCUT2D eigenvalue weighted by atomic mass is 19.3. The molecule has 0 amide bonds. The van der Waals surface area contributed by atoms with Crippen molar-refractivity contribution in [3.8, 4) is 0 Å². The Hall–Kier alpha value is -1.39. The van der Waals surface area contributed by atoms with Crippen LogP contribution in [0, 0.1) is 0 Å². The standard InChI is InChI=1S/C10H15F2NO2/c1-7(2)9(14)15-6-5-13-8(3)10(4,11)12/h13H,1,3,5-6H2,2,4H3. The van der Waals surface area contributed by atoms with Gasteiger partial charge >= 0.3 is 5.97 Å². The fourth-order valence-electron chi connectivity index (χ4n) is 0.624. The molecule has 3 nitrogen and oxygen atoms in total. The average molecular weight is 219 g/mol. The van der Waals surface area contributed by atoms with E-state index in [0.29, 0.717) is 0 Å². The lowest BCUT2D eigenvalue weighted by Gasteiger charge is -2.15. The third-order valence-corrected chi connectivity index (χ3v) is 1.55. The number of ether oxygens (including phenoxy) is 1. The fourth-order valence-corrected chi connectivity index (χ4v) is 0.624. The summed E-state index contributed by atoms with van der Waals surface area (Å²) in [5.74, 6) is -3.51. The Morgan fingerprint density at radius 3 is 2.40 bits per heavy atom. The van der Waals surface area contributed by atoms with E-state index in [1.54, 1.807) is 0 Å². The molecule has 0 aliphatic heterocycles. The first-order valence-corrected chi connectivity index (χ1v) is 4.39. The summed E-state index contributed by atoms with van der Waals surface area (Å²) in [6, 6.07) is 0. The lowest BCUT2D eigenvalue weighted by Crippen LogP contribution is -2.29. The number of hydrogen-bond donors (Lipinski definition) is 1. The van der Waals surface area contributed by atoms with Gasteiger partial charge in [-0.15, -0.1) is 0 Å². The Morgan fingerprint density at radius 2 is 2.00 bits per heavy atom. The van der Waals surface area contributed by atoms with Crippen molar-refractivity contribution in [3.05, 3.63) is 24.4 Å². The molecule has 0 aromatic heterocycles. The maximum atomic E-state index is 12.5. The third kappa shape index (κ3) is 5.83. The highest BCUT2D eigenvalue weighted by Crippen LogP contribution is 2.18. The van der Waals surface area contributed by atoms with E-state index >= 15 is 0 Å². The molecule has 1 N–H and O–H groups in total. The Bertz CT molecular complexity index is 269. The van der Waals surface area contributed by atoms with Crippen molar-refractivity contribution in [3.63, 3.8) is 0 Å². The van der Waals surface area contributed by atoms with E-state index in [-0.39, 0.29) is 18.7 Å². The SMILES string of the molecule is C=C(C)C(=O)OCCNC(=C)C(C)(F)F. The van der Waals surface area contributed by atoms with Crippen molar-refractivity contribution in [2.45, 2.75) is 19.8 Å². The van der Waals surface area contributed by atoms with Crippen molar-refractivity contribution in [1.82, 2.24) is 5.32 Å². The minimum Gasteiger partial charge on any atom is -0.460 e. The summed E-state index contributed by atoms with van der Waals surface area (Å²) in [6.45, 7) is 8.88. The third-order valence-electron chi connectivity index (χ3n) is 1.55. The van der Waals surface area contributed by atoms with Crippen molar-refractivity contribution in [2.75, 3.05) is 13.2 Å². The van der Waals surface area contributed by atoms with Crippen molar-refractivity contribution < 1.29 is 18.3 Å². The number of alkyl halides is 2. The Labute approximate surface area is 87.8 Å². The molecule has 0 saturated carbocycles. The van der Waals surface area contributed by atoms with E-state index in [2.05, 4.69) is 23.2 Å². The number of esters is 1. The lowest BCUT2D eigenvalue weighted by molar-refractivity contribution is -0.138. The summed E-state index contributed by atoms with van der Waals surface area (Å²) in [5.41, 5.74) is -0.122. The van der Waals surface area contributed by atoms with Crippen LogP contribution in [0.4, 0.5) is 8.78 Å². The van der Waals surface area contributed by atoms with Gasteiger partial charge in [-0.1, -0.05) is 13.2 Å². The largest absolute Gasteiger partial charge is 0.460 e. The minimum absolute atomic E-state index is 0.000787. The van der Waals surface area contributed by atoms with E-state index in [0.717, 1.165) is 6.92 Å². The van der Waals surface area contributed by atoms with Gasteiger partial charge in [0.1, 0.15) is 6.61 Å². The van der Waals surface area contributed by atoms with Crippen LogP contribution in [0.25, 0.3) is 0 Å². The second-order valence-corrected chi connectivity index (χ2v) is 3.21. The molecule has 0 rings (SSSR count). The molecular formula is C10H15F2NO2. The first-order chi connectivity index (χ1) is 6.75. The molecule has 0 unspecified atom stereocenters. The van der Waals surface area contributed by atoms with E-state index in [4.69, 9.17) is 0 Å². The van der Waals surface area contributed by atoms with Gasteiger partial charge in [0.05, 0.1) is 5.70 Å². The zero-order chi connectivity index (χ0) is 12.1. The molecule has 0 aromatic carbocycles. The molecule has 0 aliphatic carbocycles. The van der Waals surface area contributed by atoms with Crippen LogP contribution in [0.2, 0.25) is 0 Å². The van der Waals surface area contributed by atoms with E-state index < -0.39 is 17.6 Å². The number of hydrogen-bond acceptors (Lipinski definition) is 3. The molecule has 0 spiro atoms. The summed E-state index contributed by atoms with van der Waals surface area (Å²) in [5, 5.41) is 2.37. The molecule has 0 aliphatic rings. The normalized spacial score (nSPS) is 10.7. The molecule has 0 bridgehead atoms. The molecule has 86 valence electrons. The van der Waals surface area contributed by atoms with Gasteiger partial charge in [-0.3, -0.25) is 0 Å². The molecule has 5 heteroatoms. The van der Waals surface area contributed by atoms with Gasteiger partial charge in [-0.05, 0) is 6.92 Å². The molecule has 0 radical (unpaired) electrons. The van der Waals surface area contributed by atoms with Crippen LogP contribution in [0.5, 0.6) is 0 Å². The Balaban J connectivity index is 3.69. The zero-order valence-corrected chi connectivity index (χ0v) is 8.90. The van der Waals surface area contributed by atoms with Gasteiger partial charge < -0.3 is 10.1 Å². The van der Waals surface area contributed by atoms with Crippen molar-refractivity contribution in [1.29, 1.82) is 0 Å². The lowest BCUT2D eigenvalue weighted by atomic mass is 10.3. The van der Waals surface area contributed by atoms with Crippen LogP contribution < -0.4 is 5.32 Å². The molecule has 15 heavy (non-hydrogen) atoms. The number of allylic oxidation sites excluding steroid dienone is 1. The number of carbonyl (C=O) groups is 1. The summed E-state index contributed by atoms with van der Waals surface area (Å²) in [4.78, 5) is 10.9. The maximum absolute atomic E-state index is 12.5. The smallest absolute Gasteiger partial charge is 0.333 e. The van der Waals surface area contributed by atoms with E-state index in [9.17, 15) is 13.6 Å². The van der Waals surface area contributed by atoms with Crippen LogP contribution in [-0.2, 0) is 9.53 Å². The highest BCUT2D eigenvalue weighted by Gasteiger charge is 2.25. The summed E-state index contributed by atoms with van der Waals surface area (Å²) < 4.78 is 29.8. The average Bonchev–Trinajstić information content (AvgIpc) is 2.09. The van der Waals surface area contributed by atoms with Crippen LogP contribution in [0.3, 0.4) is 0 Å². The number of rotatable bonds is 6. The molecule has 0 saturated heterocycles. The topological polar surface area (TPSA) is 38.3 Å². The van der Waals surface area contributed by atoms with Gasteiger partial charge in [0.2, 0.25) is 0 Å². The van der Waals surface area contributed by atoms with Gasteiger partial charge in [-0.25, -0.2) is 13.6 Å². The first kappa shape index (κ1) is 13.6. The fraction of sp³-hybridized carbons (Fsp3) is 0.500. The van der Waals surface area contributed by atoms with Crippen LogP contribution in [0.15, 0.2) is 24.4 Å². The van der Waals surface area contributed by atoms with Gasteiger partial charge in [0.25, 0.3) is 5.92 Å². The Kier molecular flexibility index (Phi) is 4.97. The molecular weight excluding hydrogens is 204 g/mol. The quantitative estimate of drug-likeness (QED) is 0.421. The number of nitrogens with one attached hydrogen (secondary N) is 1. The predicted octanol–water partition coefficient (Wildman–Crippen LogP) is 1.86. The summed E-state index contributed by atoms with van der Waals surface area (Å²) >= 11 is 0. The zero-order valence-electron chi connectivity index (χ0n) is 8.90. The maximum Gasteiger partial charge on any atom is 0.333 e. The van der Waals surface area contributed by atoms with Crippen LogP contribution in [0.1, 0.15) is 13.8 Å². The highest BCUT2D eigenvalue weighted by molar-refractivity contribution is 5.86. The monoisotopic (exact) mass is 219 g/mol. The molecule has 0 atom stereocenters. The molecule has 0 heterocycles. The van der Waals surface area contributed by atoms with E-state index in [1.165, 1.54) is 6.92 Å². The van der Waals surface area contributed by atoms with Gasteiger partial charge in [0.15, 0.2) is 0 Å². The van der Waals surface area contributed by atoms with Crippen LogP contribution in [-0.4, -0.2) is 25.0 Å². The van der Waals surface area contributed by atoms with Gasteiger partial charge in [-0.2, -0.15) is 0 Å². The minimum atomic E-state index is -2.97. The van der Waals surface area contributed by atoms with Crippen molar-refractivity contribution >= 4 is 5.97 Å². The molecule has 0 aromatic rings. The predicted molar refractivity (Wildman–Crippen MR) is 53.5 cm³/mol. The summed E-state index contributed by atoms with van der Waals surface area (Å²) in [6.07, 6.45) is 0. The number of carbonyl (C=O) groups excluding carboxylic acids is 1. The number of halogens is 2. The Morgan fingerprint density at radius 1 is 1.47 bits per heavy atom. The summed E-state index contributed by atoms with van der Waals surface area (Å²) in [7, 11) is 0. The molecule has 0 fully saturated rings. The van der Waals surface area contributed by atoms with Crippen molar-refractivity contribution in [2.24, 2.45) is 0 Å². The second-order valence-electron chi connectivity index (χ2n) is 3.21. The van der Waals surface area contributed by atoms with Gasteiger partial charge in [0, 0.05) is 19.0 Å².